The zero-order valence-electron chi connectivity index (χ0n) is 17.7. The van der Waals surface area contributed by atoms with E-state index in [9.17, 15) is 9.59 Å². The third-order valence-electron chi connectivity index (χ3n) is 4.43. The molecule has 1 unspecified atom stereocenters. The molecule has 1 aromatic carbocycles. The van der Waals surface area contributed by atoms with E-state index in [1.165, 1.54) is 0 Å². The van der Waals surface area contributed by atoms with E-state index in [-0.39, 0.29) is 17.9 Å². The number of nitrogens with one attached hydrogen (secondary N) is 2. The molecule has 156 valence electrons. The lowest BCUT2D eigenvalue weighted by molar-refractivity contribution is -0.128. The molecule has 0 saturated heterocycles. The summed E-state index contributed by atoms with van der Waals surface area (Å²) in [6.07, 6.45) is 4.50. The van der Waals surface area contributed by atoms with Gasteiger partial charge in [-0.1, -0.05) is 39.0 Å². The number of pyridine rings is 1. The van der Waals surface area contributed by atoms with Crippen molar-refractivity contribution in [3.05, 3.63) is 59.9 Å². The number of hydrogen-bond donors (Lipinski definition) is 2. The van der Waals surface area contributed by atoms with Crippen LogP contribution in [0, 0.1) is 5.41 Å². The van der Waals surface area contributed by atoms with Gasteiger partial charge in [0.05, 0.1) is 6.04 Å². The molecule has 0 aliphatic heterocycles. The molecule has 2 rings (SSSR count). The number of hydrogen-bond acceptors (Lipinski definition) is 4. The second kappa shape index (κ2) is 10.6. The fourth-order valence-electron chi connectivity index (χ4n) is 2.62. The van der Waals surface area contributed by atoms with Gasteiger partial charge in [-0.2, -0.15) is 0 Å². The number of carbonyl (C=O) groups is 2. The van der Waals surface area contributed by atoms with E-state index >= 15 is 0 Å². The maximum Gasteiger partial charge on any atom is 0.225 e. The lowest BCUT2D eigenvalue weighted by Crippen LogP contribution is -2.36. The molecule has 1 heterocycles. The molecule has 2 amide bonds. The number of aromatic nitrogens is 1. The van der Waals surface area contributed by atoms with Gasteiger partial charge < -0.3 is 15.4 Å². The maximum atomic E-state index is 12.1. The Hall–Kier alpha value is -2.89. The van der Waals surface area contributed by atoms with Crippen LogP contribution >= 0.6 is 0 Å². The van der Waals surface area contributed by atoms with Gasteiger partial charge in [-0.05, 0) is 37.1 Å². The van der Waals surface area contributed by atoms with Gasteiger partial charge in [-0.25, -0.2) is 0 Å². The zero-order valence-corrected chi connectivity index (χ0v) is 17.7. The molecular formula is C23H31N3O3. The van der Waals surface area contributed by atoms with E-state index in [2.05, 4.69) is 15.6 Å². The van der Waals surface area contributed by atoms with Crippen LogP contribution in [0.3, 0.4) is 0 Å². The Balaban J connectivity index is 1.72. The van der Waals surface area contributed by atoms with Crippen molar-refractivity contribution in [2.45, 2.75) is 53.2 Å². The first-order valence-electron chi connectivity index (χ1n) is 9.95. The molecule has 0 aliphatic rings. The Labute approximate surface area is 173 Å². The van der Waals surface area contributed by atoms with Gasteiger partial charge in [0.1, 0.15) is 12.4 Å². The van der Waals surface area contributed by atoms with Crippen LogP contribution in [0.5, 0.6) is 5.75 Å². The number of nitrogens with zero attached hydrogens (tertiary/aromatic N) is 1. The minimum Gasteiger partial charge on any atom is -0.489 e. The van der Waals surface area contributed by atoms with Gasteiger partial charge in [0.2, 0.25) is 11.8 Å². The predicted molar refractivity (Wildman–Crippen MR) is 113 cm³/mol. The van der Waals surface area contributed by atoms with Gasteiger partial charge in [0.15, 0.2) is 0 Å². The maximum absolute atomic E-state index is 12.1. The summed E-state index contributed by atoms with van der Waals surface area (Å²) in [6.45, 7) is 8.51. The number of rotatable bonds is 9. The fraction of sp³-hybridized carbons (Fsp3) is 0.435. The normalized spacial score (nSPS) is 12.1. The lowest BCUT2D eigenvalue weighted by atomic mass is 9.96. The van der Waals surface area contributed by atoms with Gasteiger partial charge in [0.25, 0.3) is 0 Å². The summed E-state index contributed by atoms with van der Waals surface area (Å²) < 4.78 is 5.75. The molecule has 0 spiro atoms. The quantitative estimate of drug-likeness (QED) is 0.631. The summed E-state index contributed by atoms with van der Waals surface area (Å²) in [6, 6.07) is 11.4. The number of benzene rings is 1. The molecule has 1 atom stereocenters. The molecular weight excluding hydrogens is 366 g/mol. The second-order valence-corrected chi connectivity index (χ2v) is 8.12. The van der Waals surface area contributed by atoms with Crippen LogP contribution in [-0.4, -0.2) is 23.3 Å². The SMILES string of the molecule is CC(NC(=O)CCCNC(=O)C(C)(C)C)c1ccc(OCc2cccnc2)cc1. The zero-order chi connectivity index (χ0) is 21.3. The Kier molecular flexibility index (Phi) is 8.19. The Bertz CT molecular complexity index is 783. The van der Waals surface area contributed by atoms with Gasteiger partial charge in [0, 0.05) is 36.3 Å². The highest BCUT2D eigenvalue weighted by atomic mass is 16.5. The average molecular weight is 398 g/mol. The highest BCUT2D eigenvalue weighted by Crippen LogP contribution is 2.19. The van der Waals surface area contributed by atoms with Crippen molar-refractivity contribution in [1.82, 2.24) is 15.6 Å². The number of carbonyl (C=O) groups excluding carboxylic acids is 2. The number of amides is 2. The van der Waals surface area contributed by atoms with Gasteiger partial charge in [-0.15, -0.1) is 0 Å². The third-order valence-corrected chi connectivity index (χ3v) is 4.43. The highest BCUT2D eigenvalue weighted by molar-refractivity contribution is 5.81. The first-order chi connectivity index (χ1) is 13.8. The van der Waals surface area contributed by atoms with Crippen molar-refractivity contribution in [2.24, 2.45) is 5.41 Å². The molecule has 2 aromatic rings. The fourth-order valence-corrected chi connectivity index (χ4v) is 2.62. The summed E-state index contributed by atoms with van der Waals surface area (Å²) in [5, 5.41) is 5.85. The van der Waals surface area contributed by atoms with Crippen molar-refractivity contribution in [1.29, 1.82) is 0 Å². The van der Waals surface area contributed by atoms with Crippen LogP contribution in [0.2, 0.25) is 0 Å². The van der Waals surface area contributed by atoms with E-state index in [1.54, 1.807) is 12.4 Å². The molecule has 6 heteroatoms. The Morgan fingerprint density at radius 2 is 1.86 bits per heavy atom. The number of ether oxygens (including phenoxy) is 1. The average Bonchev–Trinajstić information content (AvgIpc) is 2.70. The third kappa shape index (κ3) is 7.94. The van der Waals surface area contributed by atoms with Gasteiger partial charge >= 0.3 is 0 Å². The van der Waals surface area contributed by atoms with Crippen LogP contribution in [0.25, 0.3) is 0 Å². The van der Waals surface area contributed by atoms with Crippen LogP contribution in [0.1, 0.15) is 57.7 Å². The van der Waals surface area contributed by atoms with E-state index < -0.39 is 5.41 Å². The van der Waals surface area contributed by atoms with Crippen molar-refractivity contribution in [3.8, 4) is 5.75 Å². The van der Waals surface area contributed by atoms with Crippen LogP contribution in [0.4, 0.5) is 0 Å². The molecule has 0 radical (unpaired) electrons. The summed E-state index contributed by atoms with van der Waals surface area (Å²) in [5.74, 6) is 0.738. The smallest absolute Gasteiger partial charge is 0.225 e. The molecule has 0 aliphatic carbocycles. The minimum absolute atomic E-state index is 0.00267. The lowest BCUT2D eigenvalue weighted by Gasteiger charge is -2.18. The van der Waals surface area contributed by atoms with E-state index in [4.69, 9.17) is 4.74 Å². The standard InChI is InChI=1S/C23H31N3O3/c1-17(26-21(27)8-6-14-25-22(28)23(2,3)4)19-9-11-20(12-10-19)29-16-18-7-5-13-24-15-18/h5,7,9-13,15,17H,6,8,14,16H2,1-4H3,(H,25,28)(H,26,27). The molecule has 0 bridgehead atoms. The summed E-state index contributed by atoms with van der Waals surface area (Å²) in [7, 11) is 0. The Morgan fingerprint density at radius 3 is 2.48 bits per heavy atom. The summed E-state index contributed by atoms with van der Waals surface area (Å²) in [4.78, 5) is 28.0. The van der Waals surface area contributed by atoms with E-state index in [0.717, 1.165) is 16.9 Å². The van der Waals surface area contributed by atoms with Crippen LogP contribution in [0.15, 0.2) is 48.8 Å². The largest absolute Gasteiger partial charge is 0.489 e. The van der Waals surface area contributed by atoms with Crippen molar-refractivity contribution in [3.63, 3.8) is 0 Å². The van der Waals surface area contributed by atoms with Crippen LogP contribution < -0.4 is 15.4 Å². The van der Waals surface area contributed by atoms with E-state index in [0.29, 0.717) is 26.0 Å². The van der Waals surface area contributed by atoms with Crippen molar-refractivity contribution < 1.29 is 14.3 Å². The molecule has 6 nitrogen and oxygen atoms in total. The summed E-state index contributed by atoms with van der Waals surface area (Å²) >= 11 is 0. The first-order valence-corrected chi connectivity index (χ1v) is 9.95. The predicted octanol–water partition coefficient (Wildman–Crippen LogP) is 3.78. The van der Waals surface area contributed by atoms with Gasteiger partial charge in [-0.3, -0.25) is 14.6 Å². The molecule has 0 fully saturated rings. The summed E-state index contributed by atoms with van der Waals surface area (Å²) in [5.41, 5.74) is 1.61. The topological polar surface area (TPSA) is 80.3 Å². The van der Waals surface area contributed by atoms with Crippen molar-refractivity contribution in [2.75, 3.05) is 6.54 Å². The molecule has 0 saturated carbocycles. The van der Waals surface area contributed by atoms with Crippen LogP contribution in [-0.2, 0) is 16.2 Å². The minimum atomic E-state index is -0.412. The molecule has 1 aromatic heterocycles. The highest BCUT2D eigenvalue weighted by Gasteiger charge is 2.20. The molecule has 2 N–H and O–H groups in total. The first kappa shape index (κ1) is 22.4. The van der Waals surface area contributed by atoms with Crippen molar-refractivity contribution >= 4 is 11.8 Å². The second-order valence-electron chi connectivity index (χ2n) is 8.12. The monoisotopic (exact) mass is 397 g/mol. The molecule has 29 heavy (non-hydrogen) atoms. The van der Waals surface area contributed by atoms with E-state index in [1.807, 2.05) is 64.1 Å². The Morgan fingerprint density at radius 1 is 1.14 bits per heavy atom.